The van der Waals surface area contributed by atoms with E-state index in [0.717, 1.165) is 24.0 Å². The number of hydrogen-bond donors (Lipinski definition) is 1. The van der Waals surface area contributed by atoms with Gasteiger partial charge in [0.15, 0.2) is 0 Å². The molecule has 0 heterocycles. The lowest BCUT2D eigenvalue weighted by Crippen LogP contribution is -2.31. The smallest absolute Gasteiger partial charge is 0.123 e. The van der Waals surface area contributed by atoms with E-state index in [-0.39, 0.29) is 17.5 Å². The van der Waals surface area contributed by atoms with Crippen LogP contribution in [0.3, 0.4) is 0 Å². The van der Waals surface area contributed by atoms with Crippen molar-refractivity contribution in [3.05, 3.63) is 35.1 Å². The van der Waals surface area contributed by atoms with Gasteiger partial charge in [0.1, 0.15) is 5.82 Å². The van der Waals surface area contributed by atoms with E-state index < -0.39 is 0 Å². The molecule has 88 valence electrons. The fraction of sp³-hybridized carbons (Fsp3) is 0.538. The van der Waals surface area contributed by atoms with Crippen LogP contribution in [0, 0.1) is 5.82 Å². The third kappa shape index (κ3) is 2.60. The van der Waals surface area contributed by atoms with Gasteiger partial charge < -0.3 is 0 Å². The Labute approximate surface area is 95.8 Å². The summed E-state index contributed by atoms with van der Waals surface area (Å²) in [7, 11) is 0. The van der Waals surface area contributed by atoms with Gasteiger partial charge in [-0.05, 0) is 56.9 Å². The molecule has 0 radical (unpaired) electrons. The minimum Gasteiger partial charge on any atom is -0.296 e. The molecule has 1 aliphatic carbocycles. The largest absolute Gasteiger partial charge is 0.296 e. The van der Waals surface area contributed by atoms with Gasteiger partial charge >= 0.3 is 0 Å². The minimum absolute atomic E-state index is 0.156. The van der Waals surface area contributed by atoms with Crippen LogP contribution in [0.1, 0.15) is 44.4 Å². The van der Waals surface area contributed by atoms with Crippen molar-refractivity contribution in [1.29, 1.82) is 0 Å². The normalized spacial score (nSPS) is 19.9. The van der Waals surface area contributed by atoms with Gasteiger partial charge in [-0.25, -0.2) is 4.39 Å². The standard InChI is InChI=1S/C13H18FNO/c1-13(2,3)16-15-12-7-4-9-8-10(14)5-6-11(9)12/h5-6,8,12,15H,4,7H2,1-3H3. The van der Waals surface area contributed by atoms with Crippen molar-refractivity contribution in [1.82, 2.24) is 5.48 Å². The minimum atomic E-state index is -0.206. The van der Waals surface area contributed by atoms with Crippen molar-refractivity contribution in [2.45, 2.75) is 45.3 Å². The molecule has 1 aliphatic rings. The van der Waals surface area contributed by atoms with Gasteiger partial charge in [-0.15, -0.1) is 0 Å². The van der Waals surface area contributed by atoms with Crippen molar-refractivity contribution in [2.24, 2.45) is 0 Å². The summed E-state index contributed by atoms with van der Waals surface area (Å²) in [5.41, 5.74) is 5.12. The Hall–Kier alpha value is -0.930. The number of rotatable bonds is 2. The lowest BCUT2D eigenvalue weighted by atomic mass is 10.1. The third-order valence-electron chi connectivity index (χ3n) is 2.69. The Bertz CT molecular complexity index is 384. The van der Waals surface area contributed by atoms with Gasteiger partial charge in [0.05, 0.1) is 11.6 Å². The zero-order valence-corrected chi connectivity index (χ0v) is 10.0. The van der Waals surface area contributed by atoms with Gasteiger partial charge in [-0.3, -0.25) is 4.84 Å². The predicted molar refractivity (Wildman–Crippen MR) is 61.4 cm³/mol. The second-order valence-corrected chi connectivity index (χ2v) is 5.27. The average molecular weight is 223 g/mol. The molecule has 2 nitrogen and oxygen atoms in total. The van der Waals surface area contributed by atoms with Gasteiger partial charge in [-0.2, -0.15) is 5.48 Å². The Morgan fingerprint density at radius 1 is 1.38 bits per heavy atom. The van der Waals surface area contributed by atoms with Crippen molar-refractivity contribution in [2.75, 3.05) is 0 Å². The molecule has 0 saturated heterocycles. The first-order chi connectivity index (χ1) is 7.46. The van der Waals surface area contributed by atoms with Crippen LogP contribution < -0.4 is 5.48 Å². The molecule has 0 amide bonds. The lowest BCUT2D eigenvalue weighted by Gasteiger charge is -2.23. The topological polar surface area (TPSA) is 21.3 Å². The van der Waals surface area contributed by atoms with E-state index in [9.17, 15) is 4.39 Å². The zero-order chi connectivity index (χ0) is 11.8. The van der Waals surface area contributed by atoms with Gasteiger partial charge in [0.2, 0.25) is 0 Å². The van der Waals surface area contributed by atoms with Crippen LogP contribution in [0.4, 0.5) is 4.39 Å². The molecule has 3 heteroatoms. The second kappa shape index (κ2) is 4.15. The quantitative estimate of drug-likeness (QED) is 0.778. The number of aryl methyl sites for hydroxylation is 1. The summed E-state index contributed by atoms with van der Waals surface area (Å²) in [4.78, 5) is 5.56. The molecule has 0 fully saturated rings. The lowest BCUT2D eigenvalue weighted by molar-refractivity contribution is -0.0888. The molecule has 0 saturated carbocycles. The Morgan fingerprint density at radius 2 is 2.12 bits per heavy atom. The van der Waals surface area contributed by atoms with Crippen LogP contribution in [-0.4, -0.2) is 5.60 Å². The first kappa shape index (κ1) is 11.6. The monoisotopic (exact) mass is 223 g/mol. The number of halogens is 1. The number of hydroxylamine groups is 1. The summed E-state index contributed by atoms with van der Waals surface area (Å²) >= 11 is 0. The van der Waals surface area contributed by atoms with Crippen molar-refractivity contribution < 1.29 is 9.23 Å². The molecule has 1 unspecified atom stereocenters. The number of benzene rings is 1. The molecule has 0 aromatic heterocycles. The molecule has 0 spiro atoms. The van der Waals surface area contributed by atoms with Crippen molar-refractivity contribution in [3.63, 3.8) is 0 Å². The highest BCUT2D eigenvalue weighted by atomic mass is 19.1. The zero-order valence-electron chi connectivity index (χ0n) is 10.0. The van der Waals surface area contributed by atoms with E-state index in [4.69, 9.17) is 4.84 Å². The summed E-state index contributed by atoms with van der Waals surface area (Å²) in [6.45, 7) is 6.00. The van der Waals surface area contributed by atoms with Crippen LogP contribution in [0.5, 0.6) is 0 Å². The molecule has 1 aromatic carbocycles. The van der Waals surface area contributed by atoms with Crippen molar-refractivity contribution >= 4 is 0 Å². The van der Waals surface area contributed by atoms with E-state index in [2.05, 4.69) is 5.48 Å². The maximum atomic E-state index is 13.0. The predicted octanol–water partition coefficient (Wildman–Crippen LogP) is 3.13. The van der Waals surface area contributed by atoms with Crippen LogP contribution >= 0.6 is 0 Å². The fourth-order valence-corrected chi connectivity index (χ4v) is 1.96. The van der Waals surface area contributed by atoms with E-state index in [0.29, 0.717) is 0 Å². The highest BCUT2D eigenvalue weighted by Crippen LogP contribution is 2.31. The first-order valence-corrected chi connectivity index (χ1v) is 5.67. The molecule has 1 atom stereocenters. The number of nitrogens with one attached hydrogen (secondary N) is 1. The van der Waals surface area contributed by atoms with E-state index in [1.165, 1.54) is 6.07 Å². The highest BCUT2D eigenvalue weighted by molar-refractivity contribution is 5.34. The number of hydrogen-bond acceptors (Lipinski definition) is 2. The van der Waals surface area contributed by atoms with E-state index in [1.54, 1.807) is 6.07 Å². The summed E-state index contributed by atoms with van der Waals surface area (Å²) in [6.07, 6.45) is 1.88. The Morgan fingerprint density at radius 3 is 2.81 bits per heavy atom. The maximum Gasteiger partial charge on any atom is 0.123 e. The van der Waals surface area contributed by atoms with Gasteiger partial charge in [-0.1, -0.05) is 6.07 Å². The molecule has 1 N–H and O–H groups in total. The fourth-order valence-electron chi connectivity index (χ4n) is 1.96. The van der Waals surface area contributed by atoms with Crippen LogP contribution in [0.25, 0.3) is 0 Å². The molecule has 2 rings (SSSR count). The van der Waals surface area contributed by atoms with Crippen LogP contribution in [-0.2, 0) is 11.3 Å². The molecule has 0 bridgehead atoms. The van der Waals surface area contributed by atoms with E-state index in [1.807, 2.05) is 26.8 Å². The molecular formula is C13H18FNO. The number of fused-ring (bicyclic) bond motifs is 1. The molecule has 16 heavy (non-hydrogen) atoms. The van der Waals surface area contributed by atoms with Gasteiger partial charge in [0, 0.05) is 0 Å². The average Bonchev–Trinajstić information content (AvgIpc) is 2.56. The van der Waals surface area contributed by atoms with Crippen LogP contribution in [0.15, 0.2) is 18.2 Å². The van der Waals surface area contributed by atoms with Gasteiger partial charge in [0.25, 0.3) is 0 Å². The van der Waals surface area contributed by atoms with Crippen molar-refractivity contribution in [3.8, 4) is 0 Å². The molecule has 1 aromatic rings. The van der Waals surface area contributed by atoms with Crippen LogP contribution in [0.2, 0.25) is 0 Å². The first-order valence-electron chi connectivity index (χ1n) is 5.67. The Kier molecular flexibility index (Phi) is 3.00. The third-order valence-corrected chi connectivity index (χ3v) is 2.69. The van der Waals surface area contributed by atoms with E-state index >= 15 is 0 Å². The SMILES string of the molecule is CC(C)(C)ONC1CCc2cc(F)ccc21. The summed E-state index contributed by atoms with van der Waals surface area (Å²) in [5, 5.41) is 0. The summed E-state index contributed by atoms with van der Waals surface area (Å²) < 4.78 is 13.0. The molecular weight excluding hydrogens is 205 g/mol. The maximum absolute atomic E-state index is 13.0. The highest BCUT2D eigenvalue weighted by Gasteiger charge is 2.24. The molecule has 0 aliphatic heterocycles. The second-order valence-electron chi connectivity index (χ2n) is 5.27. The summed E-state index contributed by atoms with van der Waals surface area (Å²) in [5.74, 6) is -0.156. The summed E-state index contributed by atoms with van der Waals surface area (Å²) in [6, 6.07) is 5.17. The Balaban J connectivity index is 2.06.